The standard InChI is InChI=1S/C19H20N4O2/c1-23-12-21-16-10-15(14-5-3-2-4-6-14)22-19(18(16)23)25-8-7-13-9-17(24)20-11-13/h2-6,10,12-13H,7-9,11H2,1H3,(H,20,24)/t13-/m1/s1. The molecule has 0 unspecified atom stereocenters. The van der Waals surface area contributed by atoms with Crippen LogP contribution < -0.4 is 10.1 Å². The summed E-state index contributed by atoms with van der Waals surface area (Å²) >= 11 is 0. The molecule has 1 fully saturated rings. The molecule has 0 aliphatic carbocycles. The second-order valence-corrected chi connectivity index (χ2v) is 6.41. The number of aromatic nitrogens is 3. The molecule has 1 aromatic carbocycles. The number of ether oxygens (including phenoxy) is 1. The normalized spacial score (nSPS) is 17.0. The lowest BCUT2D eigenvalue weighted by Crippen LogP contribution is -2.14. The number of aryl methyl sites for hydroxylation is 1. The molecule has 0 saturated carbocycles. The third kappa shape index (κ3) is 3.20. The van der Waals surface area contributed by atoms with Crippen molar-refractivity contribution in [3.05, 3.63) is 42.7 Å². The number of nitrogens with one attached hydrogen (secondary N) is 1. The summed E-state index contributed by atoms with van der Waals surface area (Å²) in [6.07, 6.45) is 3.19. The molecular formula is C19H20N4O2. The van der Waals surface area contributed by atoms with Crippen LogP contribution in [0.4, 0.5) is 0 Å². The minimum Gasteiger partial charge on any atom is -0.476 e. The molecule has 0 bridgehead atoms. The SMILES string of the molecule is Cn1cnc2cc(-c3ccccc3)nc(OCC[C@H]3CNC(=O)C3)c21. The minimum absolute atomic E-state index is 0.128. The molecule has 128 valence electrons. The Morgan fingerprint density at radius 1 is 1.32 bits per heavy atom. The van der Waals surface area contributed by atoms with Crippen LogP contribution in [0.15, 0.2) is 42.7 Å². The number of rotatable bonds is 5. The number of amides is 1. The van der Waals surface area contributed by atoms with E-state index in [1.165, 1.54) is 0 Å². The van der Waals surface area contributed by atoms with E-state index >= 15 is 0 Å². The molecule has 2 aromatic heterocycles. The van der Waals surface area contributed by atoms with Crippen molar-refractivity contribution in [1.82, 2.24) is 19.9 Å². The van der Waals surface area contributed by atoms with Gasteiger partial charge in [-0.3, -0.25) is 4.79 Å². The van der Waals surface area contributed by atoms with Gasteiger partial charge in [0.05, 0.1) is 24.1 Å². The number of hydrogen-bond donors (Lipinski definition) is 1. The highest BCUT2D eigenvalue weighted by Gasteiger charge is 2.21. The Morgan fingerprint density at radius 3 is 2.92 bits per heavy atom. The van der Waals surface area contributed by atoms with E-state index in [9.17, 15) is 4.79 Å². The lowest BCUT2D eigenvalue weighted by molar-refractivity contribution is -0.119. The summed E-state index contributed by atoms with van der Waals surface area (Å²) in [6, 6.07) is 12.0. The quantitative estimate of drug-likeness (QED) is 0.777. The molecule has 6 nitrogen and oxygen atoms in total. The maximum atomic E-state index is 11.3. The summed E-state index contributed by atoms with van der Waals surface area (Å²) in [5.41, 5.74) is 3.63. The average Bonchev–Trinajstić information content (AvgIpc) is 3.21. The number of fused-ring (bicyclic) bond motifs is 1. The van der Waals surface area contributed by atoms with Gasteiger partial charge in [0.2, 0.25) is 11.8 Å². The average molecular weight is 336 g/mol. The van der Waals surface area contributed by atoms with Crippen LogP contribution in [0.5, 0.6) is 5.88 Å². The summed E-state index contributed by atoms with van der Waals surface area (Å²) in [6.45, 7) is 1.27. The molecule has 1 N–H and O–H groups in total. The molecular weight excluding hydrogens is 316 g/mol. The Hall–Kier alpha value is -2.89. The first kappa shape index (κ1) is 15.6. The summed E-state index contributed by atoms with van der Waals surface area (Å²) in [5, 5.41) is 2.86. The fraction of sp³-hybridized carbons (Fsp3) is 0.316. The van der Waals surface area contributed by atoms with Crippen molar-refractivity contribution in [3.63, 3.8) is 0 Å². The first-order valence-corrected chi connectivity index (χ1v) is 8.47. The zero-order chi connectivity index (χ0) is 17.2. The van der Waals surface area contributed by atoms with Crippen molar-refractivity contribution < 1.29 is 9.53 Å². The fourth-order valence-corrected chi connectivity index (χ4v) is 3.19. The van der Waals surface area contributed by atoms with Crippen LogP contribution in [-0.2, 0) is 11.8 Å². The molecule has 1 aliphatic rings. The van der Waals surface area contributed by atoms with Gasteiger partial charge in [0, 0.05) is 25.6 Å². The third-order valence-corrected chi connectivity index (χ3v) is 4.56. The number of carbonyl (C=O) groups excluding carboxylic acids is 1. The molecule has 25 heavy (non-hydrogen) atoms. The first-order chi connectivity index (χ1) is 12.2. The topological polar surface area (TPSA) is 69.0 Å². The van der Waals surface area contributed by atoms with Crippen molar-refractivity contribution in [1.29, 1.82) is 0 Å². The lowest BCUT2D eigenvalue weighted by Gasteiger charge is -2.11. The molecule has 1 atom stereocenters. The van der Waals surface area contributed by atoms with Gasteiger partial charge >= 0.3 is 0 Å². The highest BCUT2D eigenvalue weighted by Crippen LogP contribution is 2.28. The highest BCUT2D eigenvalue weighted by molar-refractivity contribution is 5.84. The van der Waals surface area contributed by atoms with Crippen LogP contribution in [0.1, 0.15) is 12.8 Å². The van der Waals surface area contributed by atoms with E-state index in [-0.39, 0.29) is 5.91 Å². The first-order valence-electron chi connectivity index (χ1n) is 8.47. The number of imidazole rings is 1. The zero-order valence-corrected chi connectivity index (χ0v) is 14.1. The number of carbonyl (C=O) groups is 1. The highest BCUT2D eigenvalue weighted by atomic mass is 16.5. The van der Waals surface area contributed by atoms with Crippen LogP contribution in [0, 0.1) is 5.92 Å². The Morgan fingerprint density at radius 2 is 2.16 bits per heavy atom. The van der Waals surface area contributed by atoms with Crippen LogP contribution in [-0.4, -0.2) is 33.6 Å². The summed E-state index contributed by atoms with van der Waals surface area (Å²) in [7, 11) is 1.94. The van der Waals surface area contributed by atoms with Crippen molar-refractivity contribution in [2.45, 2.75) is 12.8 Å². The molecule has 1 saturated heterocycles. The zero-order valence-electron chi connectivity index (χ0n) is 14.1. The number of pyridine rings is 1. The Bertz CT molecular complexity index is 904. The molecule has 4 rings (SSSR count). The minimum atomic E-state index is 0.128. The van der Waals surface area contributed by atoms with Gasteiger partial charge in [-0.25, -0.2) is 9.97 Å². The Labute approximate surface area is 145 Å². The molecule has 0 spiro atoms. The molecule has 6 heteroatoms. The molecule has 3 aromatic rings. The van der Waals surface area contributed by atoms with E-state index in [4.69, 9.17) is 9.72 Å². The lowest BCUT2D eigenvalue weighted by atomic mass is 10.1. The molecule has 1 amide bonds. The van der Waals surface area contributed by atoms with E-state index in [0.29, 0.717) is 24.8 Å². The van der Waals surface area contributed by atoms with Crippen LogP contribution in [0.2, 0.25) is 0 Å². The number of hydrogen-bond acceptors (Lipinski definition) is 4. The van der Waals surface area contributed by atoms with Crippen molar-refractivity contribution in [2.75, 3.05) is 13.2 Å². The second-order valence-electron chi connectivity index (χ2n) is 6.41. The van der Waals surface area contributed by atoms with E-state index < -0.39 is 0 Å². The third-order valence-electron chi connectivity index (χ3n) is 4.56. The molecule has 3 heterocycles. The fourth-order valence-electron chi connectivity index (χ4n) is 3.19. The van der Waals surface area contributed by atoms with Gasteiger partial charge in [-0.2, -0.15) is 0 Å². The van der Waals surface area contributed by atoms with Gasteiger partial charge in [0.15, 0.2) is 0 Å². The predicted octanol–water partition coefficient (Wildman–Crippen LogP) is 2.54. The smallest absolute Gasteiger partial charge is 0.240 e. The predicted molar refractivity (Wildman–Crippen MR) is 95.2 cm³/mol. The van der Waals surface area contributed by atoms with E-state index in [0.717, 1.165) is 35.3 Å². The monoisotopic (exact) mass is 336 g/mol. The van der Waals surface area contributed by atoms with Gasteiger partial charge in [-0.05, 0) is 18.4 Å². The van der Waals surface area contributed by atoms with Gasteiger partial charge in [0.1, 0.15) is 5.52 Å². The number of nitrogens with zero attached hydrogens (tertiary/aromatic N) is 3. The largest absolute Gasteiger partial charge is 0.476 e. The number of benzene rings is 1. The van der Waals surface area contributed by atoms with Gasteiger partial charge in [-0.1, -0.05) is 30.3 Å². The van der Waals surface area contributed by atoms with Crippen molar-refractivity contribution >= 4 is 16.9 Å². The maximum Gasteiger partial charge on any atom is 0.240 e. The Kier molecular flexibility index (Phi) is 4.09. The van der Waals surface area contributed by atoms with E-state index in [1.54, 1.807) is 6.33 Å². The summed E-state index contributed by atoms with van der Waals surface area (Å²) in [5.74, 6) is 1.06. The van der Waals surface area contributed by atoms with Crippen LogP contribution >= 0.6 is 0 Å². The second kappa shape index (κ2) is 6.55. The van der Waals surface area contributed by atoms with Gasteiger partial charge in [-0.15, -0.1) is 0 Å². The molecule has 1 aliphatic heterocycles. The van der Waals surface area contributed by atoms with Crippen LogP contribution in [0.3, 0.4) is 0 Å². The summed E-state index contributed by atoms with van der Waals surface area (Å²) in [4.78, 5) is 20.5. The van der Waals surface area contributed by atoms with Gasteiger partial charge < -0.3 is 14.6 Å². The maximum absolute atomic E-state index is 11.3. The molecule has 0 radical (unpaired) electrons. The van der Waals surface area contributed by atoms with E-state index in [2.05, 4.69) is 10.3 Å². The Balaban J connectivity index is 1.59. The van der Waals surface area contributed by atoms with Crippen LogP contribution in [0.25, 0.3) is 22.3 Å². The summed E-state index contributed by atoms with van der Waals surface area (Å²) < 4.78 is 7.93. The van der Waals surface area contributed by atoms with E-state index in [1.807, 2.05) is 48.0 Å². The van der Waals surface area contributed by atoms with Crippen molar-refractivity contribution in [2.24, 2.45) is 13.0 Å². The van der Waals surface area contributed by atoms with Crippen molar-refractivity contribution in [3.8, 4) is 17.1 Å². The van der Waals surface area contributed by atoms with Gasteiger partial charge in [0.25, 0.3) is 0 Å².